The Morgan fingerprint density at radius 1 is 0.786 bits per heavy atom. The number of nitrogens with zero attached hydrogens (tertiary/aromatic N) is 4. The molecule has 0 spiro atoms. The molecule has 0 N–H and O–H groups in total. The molecule has 4 nitrogen and oxygen atoms in total. The molecule has 0 aliphatic heterocycles. The van der Waals surface area contributed by atoms with Crippen LogP contribution in [0, 0.1) is 22.7 Å². The summed E-state index contributed by atoms with van der Waals surface area (Å²) < 4.78 is 0. The van der Waals surface area contributed by atoms with Gasteiger partial charge in [-0.2, -0.15) is 10.5 Å². The minimum absolute atomic E-state index is 0.0417. The van der Waals surface area contributed by atoms with Gasteiger partial charge in [0.05, 0.1) is 24.2 Å². The first-order chi connectivity index (χ1) is 6.36. The second-order valence-corrected chi connectivity index (χ2v) is 3.54. The third-order valence-electron chi connectivity index (χ3n) is 1.92. The smallest absolute Gasteiger partial charge is 0.0944 e. The van der Waals surface area contributed by atoms with Crippen LogP contribution in [0.3, 0.4) is 0 Å². The fraction of sp³-hybridized carbons (Fsp3) is 0.800. The summed E-state index contributed by atoms with van der Waals surface area (Å²) in [4.78, 5) is 3.72. The van der Waals surface area contributed by atoms with Crippen molar-refractivity contribution in [1.82, 2.24) is 9.80 Å². The predicted molar refractivity (Wildman–Crippen MR) is 57.5 cm³/mol. The maximum absolute atomic E-state index is 8.21. The lowest BCUT2D eigenvalue weighted by Crippen LogP contribution is -2.22. The normalized spacial score (nSPS) is 13.6. The molecule has 0 aliphatic carbocycles. The number of nitriles is 2. The highest BCUT2D eigenvalue weighted by Gasteiger charge is 1.98. The van der Waals surface area contributed by atoms with Gasteiger partial charge in [0.25, 0.3) is 0 Å². The summed E-state index contributed by atoms with van der Waals surface area (Å²) in [6.45, 7) is 3.72. The first-order valence-electron chi connectivity index (χ1n) is 4.48. The number of hydrogen-bond acceptors (Lipinski definition) is 4. The topological polar surface area (TPSA) is 54.1 Å². The Bertz CT molecular complexity index is 185. The summed E-state index contributed by atoms with van der Waals surface area (Å²) in [5, 5.41) is 16.4. The zero-order valence-corrected chi connectivity index (χ0v) is 9.94. The van der Waals surface area contributed by atoms with Crippen molar-refractivity contribution >= 4 is 0 Å². The molecule has 0 aromatic rings. The zero-order valence-electron chi connectivity index (χ0n) is 9.94. The Hall–Kier alpha value is -1.10. The van der Waals surface area contributed by atoms with Gasteiger partial charge in [0.15, 0.2) is 0 Å². The molecule has 0 amide bonds. The maximum Gasteiger partial charge on any atom is 0.0944 e. The van der Waals surface area contributed by atoms with E-state index in [2.05, 4.69) is 12.1 Å². The molecular formula is C10H20N4. The molecule has 4 heteroatoms. The van der Waals surface area contributed by atoms with E-state index in [9.17, 15) is 0 Å². The molecule has 0 aliphatic rings. The monoisotopic (exact) mass is 196 g/mol. The van der Waals surface area contributed by atoms with Crippen LogP contribution in [0.15, 0.2) is 0 Å². The van der Waals surface area contributed by atoms with Gasteiger partial charge in [-0.15, -0.1) is 0 Å². The highest BCUT2D eigenvalue weighted by atomic mass is 15.1. The first-order valence-corrected chi connectivity index (χ1v) is 4.48. The fourth-order valence-corrected chi connectivity index (χ4v) is 0.231. The van der Waals surface area contributed by atoms with E-state index in [0.29, 0.717) is 0 Å². The van der Waals surface area contributed by atoms with Gasteiger partial charge < -0.3 is 0 Å². The van der Waals surface area contributed by atoms with Gasteiger partial charge in [0, 0.05) is 0 Å². The predicted octanol–water partition coefficient (Wildman–Crippen LogP) is 0.920. The Balaban J connectivity index is 0. The molecule has 14 heavy (non-hydrogen) atoms. The Morgan fingerprint density at radius 3 is 1.00 bits per heavy atom. The van der Waals surface area contributed by atoms with E-state index < -0.39 is 0 Å². The van der Waals surface area contributed by atoms with Crippen LogP contribution < -0.4 is 0 Å². The van der Waals surface area contributed by atoms with Gasteiger partial charge in [0.2, 0.25) is 0 Å². The van der Waals surface area contributed by atoms with Crippen LogP contribution >= 0.6 is 0 Å². The Labute approximate surface area is 87.3 Å². The van der Waals surface area contributed by atoms with E-state index in [1.807, 2.05) is 51.8 Å². The standard InChI is InChI=1S/2C5H10N2/c2*1-5(4-6)7(2)3/h2*5H,1-3H3. The van der Waals surface area contributed by atoms with Crippen molar-refractivity contribution in [3.8, 4) is 12.1 Å². The molecule has 0 saturated heterocycles. The molecule has 2 unspecified atom stereocenters. The largest absolute Gasteiger partial charge is 0.294 e. The molecule has 0 aromatic heterocycles. The van der Waals surface area contributed by atoms with Crippen molar-refractivity contribution in [2.45, 2.75) is 25.9 Å². The van der Waals surface area contributed by atoms with E-state index >= 15 is 0 Å². The van der Waals surface area contributed by atoms with E-state index in [1.165, 1.54) is 0 Å². The first kappa shape index (κ1) is 15.4. The van der Waals surface area contributed by atoms with Crippen molar-refractivity contribution in [2.75, 3.05) is 28.2 Å². The summed E-state index contributed by atoms with van der Waals surface area (Å²) in [6.07, 6.45) is 0. The maximum atomic E-state index is 8.21. The second kappa shape index (κ2) is 8.50. The highest BCUT2D eigenvalue weighted by Crippen LogP contribution is 1.85. The van der Waals surface area contributed by atoms with Crippen molar-refractivity contribution in [2.24, 2.45) is 0 Å². The lowest BCUT2D eigenvalue weighted by Gasteiger charge is -2.09. The van der Waals surface area contributed by atoms with Crippen LogP contribution in [0.4, 0.5) is 0 Å². The van der Waals surface area contributed by atoms with Crippen molar-refractivity contribution in [3.63, 3.8) is 0 Å². The van der Waals surface area contributed by atoms with Gasteiger partial charge in [0.1, 0.15) is 0 Å². The molecule has 80 valence electrons. The summed E-state index contributed by atoms with van der Waals surface area (Å²) in [5.41, 5.74) is 0. The summed E-state index contributed by atoms with van der Waals surface area (Å²) >= 11 is 0. The molecule has 0 bridgehead atoms. The average Bonchev–Trinajstić information content (AvgIpc) is 2.15. The number of hydrogen-bond donors (Lipinski definition) is 0. The molecule has 0 saturated carbocycles. The minimum atomic E-state index is 0.0417. The van der Waals surface area contributed by atoms with Gasteiger partial charge in [-0.25, -0.2) is 0 Å². The summed E-state index contributed by atoms with van der Waals surface area (Å²) in [7, 11) is 7.53. The van der Waals surface area contributed by atoms with Crippen LogP contribution in [0.2, 0.25) is 0 Å². The van der Waals surface area contributed by atoms with E-state index in [0.717, 1.165) is 0 Å². The van der Waals surface area contributed by atoms with Gasteiger partial charge in [-0.1, -0.05) is 0 Å². The van der Waals surface area contributed by atoms with Crippen LogP contribution in [-0.2, 0) is 0 Å². The zero-order chi connectivity index (χ0) is 11.7. The summed E-state index contributed by atoms with van der Waals surface area (Å²) in [5.74, 6) is 0. The number of rotatable bonds is 2. The average molecular weight is 196 g/mol. The molecular weight excluding hydrogens is 176 g/mol. The third-order valence-corrected chi connectivity index (χ3v) is 1.92. The van der Waals surface area contributed by atoms with Crippen molar-refractivity contribution in [3.05, 3.63) is 0 Å². The van der Waals surface area contributed by atoms with E-state index in [4.69, 9.17) is 10.5 Å². The van der Waals surface area contributed by atoms with Gasteiger partial charge in [-0.05, 0) is 42.0 Å². The lowest BCUT2D eigenvalue weighted by molar-refractivity contribution is 0.371. The molecule has 0 heterocycles. The van der Waals surface area contributed by atoms with Crippen LogP contribution in [0.1, 0.15) is 13.8 Å². The van der Waals surface area contributed by atoms with E-state index in [-0.39, 0.29) is 12.1 Å². The van der Waals surface area contributed by atoms with Gasteiger partial charge in [-0.3, -0.25) is 9.80 Å². The summed E-state index contributed by atoms with van der Waals surface area (Å²) in [6, 6.07) is 4.26. The quantitative estimate of drug-likeness (QED) is 0.659. The SMILES string of the molecule is CC(C#N)N(C)C.CC(C#N)N(C)C. The van der Waals surface area contributed by atoms with Gasteiger partial charge >= 0.3 is 0 Å². The minimum Gasteiger partial charge on any atom is -0.294 e. The van der Waals surface area contributed by atoms with Crippen molar-refractivity contribution in [1.29, 1.82) is 10.5 Å². The van der Waals surface area contributed by atoms with Crippen LogP contribution in [-0.4, -0.2) is 50.1 Å². The Kier molecular flexibility index (Phi) is 9.33. The molecule has 2 atom stereocenters. The molecule has 0 rings (SSSR count). The van der Waals surface area contributed by atoms with Crippen molar-refractivity contribution < 1.29 is 0 Å². The third kappa shape index (κ3) is 8.99. The fourth-order valence-electron chi connectivity index (χ4n) is 0.231. The van der Waals surface area contributed by atoms with Crippen LogP contribution in [0.25, 0.3) is 0 Å². The van der Waals surface area contributed by atoms with E-state index in [1.54, 1.807) is 0 Å². The highest BCUT2D eigenvalue weighted by molar-refractivity contribution is 4.84. The molecule has 0 aromatic carbocycles. The lowest BCUT2D eigenvalue weighted by atomic mass is 10.4. The second-order valence-electron chi connectivity index (χ2n) is 3.54. The van der Waals surface area contributed by atoms with Crippen LogP contribution in [0.5, 0.6) is 0 Å². The Morgan fingerprint density at radius 2 is 1.00 bits per heavy atom. The molecule has 0 fully saturated rings. The molecule has 0 radical (unpaired) electrons.